The number of carbonyl (C=O) groups is 1. The molecule has 0 spiro atoms. The molecule has 3 nitrogen and oxygen atoms in total. The first-order valence-corrected chi connectivity index (χ1v) is 7.98. The third-order valence-electron chi connectivity index (χ3n) is 4.33. The molecular weight excluding hydrogens is 318 g/mol. The molecular formula is C16H22BrNO2. The fraction of sp³-hybridized carbons (Fsp3) is 0.562. The van der Waals surface area contributed by atoms with E-state index >= 15 is 0 Å². The second kappa shape index (κ2) is 6.72. The zero-order chi connectivity index (χ0) is 14.7. The van der Waals surface area contributed by atoms with E-state index in [1.807, 2.05) is 6.07 Å². The molecule has 1 N–H and O–H groups in total. The number of carboxylic acids is 1. The SMILES string of the molecule is CC1CCC(N(C)Cc2ccc(C(=O)O)cc2Br)CC1. The van der Waals surface area contributed by atoms with Gasteiger partial charge in [-0.25, -0.2) is 4.79 Å². The van der Waals surface area contributed by atoms with Gasteiger partial charge in [-0.15, -0.1) is 0 Å². The van der Waals surface area contributed by atoms with E-state index in [0.717, 1.165) is 22.5 Å². The Morgan fingerprint density at radius 3 is 2.55 bits per heavy atom. The number of nitrogens with zero attached hydrogens (tertiary/aromatic N) is 1. The van der Waals surface area contributed by atoms with Gasteiger partial charge in [0.15, 0.2) is 0 Å². The van der Waals surface area contributed by atoms with Crippen molar-refractivity contribution in [2.75, 3.05) is 7.05 Å². The Kier molecular flexibility index (Phi) is 5.22. The van der Waals surface area contributed by atoms with E-state index in [1.54, 1.807) is 12.1 Å². The quantitative estimate of drug-likeness (QED) is 0.895. The lowest BCUT2D eigenvalue weighted by molar-refractivity contribution is 0.0696. The van der Waals surface area contributed by atoms with Crippen LogP contribution in [-0.2, 0) is 6.54 Å². The summed E-state index contributed by atoms with van der Waals surface area (Å²) in [6.07, 6.45) is 5.16. The number of halogens is 1. The van der Waals surface area contributed by atoms with Crippen LogP contribution in [0, 0.1) is 5.92 Å². The highest BCUT2D eigenvalue weighted by Crippen LogP contribution is 2.28. The van der Waals surface area contributed by atoms with Crippen LogP contribution in [-0.4, -0.2) is 29.1 Å². The third-order valence-corrected chi connectivity index (χ3v) is 5.07. The van der Waals surface area contributed by atoms with Gasteiger partial charge in [0.2, 0.25) is 0 Å². The van der Waals surface area contributed by atoms with Crippen LogP contribution in [0.4, 0.5) is 0 Å². The van der Waals surface area contributed by atoms with Crippen molar-refractivity contribution in [3.05, 3.63) is 33.8 Å². The molecule has 0 radical (unpaired) electrons. The van der Waals surface area contributed by atoms with Gasteiger partial charge in [0, 0.05) is 17.1 Å². The highest BCUT2D eigenvalue weighted by molar-refractivity contribution is 9.10. The van der Waals surface area contributed by atoms with Gasteiger partial charge < -0.3 is 5.11 Å². The maximum atomic E-state index is 10.9. The Balaban J connectivity index is 2.00. The van der Waals surface area contributed by atoms with E-state index in [1.165, 1.54) is 25.7 Å². The molecule has 0 saturated heterocycles. The second-order valence-electron chi connectivity index (χ2n) is 5.94. The van der Waals surface area contributed by atoms with Gasteiger partial charge >= 0.3 is 5.97 Å². The first kappa shape index (κ1) is 15.5. The van der Waals surface area contributed by atoms with Gasteiger partial charge in [-0.1, -0.05) is 28.9 Å². The molecule has 110 valence electrons. The molecule has 1 aromatic carbocycles. The smallest absolute Gasteiger partial charge is 0.335 e. The number of rotatable bonds is 4. The average Bonchev–Trinajstić information content (AvgIpc) is 2.41. The first-order valence-electron chi connectivity index (χ1n) is 7.19. The molecule has 1 saturated carbocycles. The lowest BCUT2D eigenvalue weighted by Crippen LogP contribution is -2.34. The molecule has 4 heteroatoms. The van der Waals surface area contributed by atoms with Gasteiger partial charge in [-0.3, -0.25) is 4.90 Å². The normalized spacial score (nSPS) is 23.0. The summed E-state index contributed by atoms with van der Waals surface area (Å²) in [5.74, 6) is -0.0203. The standard InChI is InChI=1S/C16H22BrNO2/c1-11-3-7-14(8-4-11)18(2)10-13-6-5-12(16(19)20)9-15(13)17/h5-6,9,11,14H,3-4,7-8,10H2,1-2H3,(H,19,20). The van der Waals surface area contributed by atoms with Crippen LogP contribution in [0.2, 0.25) is 0 Å². The molecule has 20 heavy (non-hydrogen) atoms. The average molecular weight is 340 g/mol. The molecule has 0 heterocycles. The Morgan fingerprint density at radius 2 is 2.00 bits per heavy atom. The summed E-state index contributed by atoms with van der Waals surface area (Å²) in [7, 11) is 2.16. The minimum atomic E-state index is -0.883. The van der Waals surface area contributed by atoms with Crippen molar-refractivity contribution in [1.29, 1.82) is 0 Å². The molecule has 1 aromatic rings. The van der Waals surface area contributed by atoms with Crippen molar-refractivity contribution in [2.45, 2.75) is 45.2 Å². The van der Waals surface area contributed by atoms with E-state index in [0.29, 0.717) is 11.6 Å². The molecule has 0 aromatic heterocycles. The summed E-state index contributed by atoms with van der Waals surface area (Å²) < 4.78 is 0.883. The molecule has 0 unspecified atom stereocenters. The Morgan fingerprint density at radius 1 is 1.35 bits per heavy atom. The summed E-state index contributed by atoms with van der Waals surface area (Å²) in [5, 5.41) is 8.98. The maximum absolute atomic E-state index is 10.9. The molecule has 0 bridgehead atoms. The summed E-state index contributed by atoms with van der Waals surface area (Å²) in [6.45, 7) is 3.19. The number of carboxylic acid groups (broad SMARTS) is 1. The van der Waals surface area contributed by atoms with Crippen LogP contribution in [0.3, 0.4) is 0 Å². The van der Waals surface area contributed by atoms with Crippen molar-refractivity contribution in [3.8, 4) is 0 Å². The lowest BCUT2D eigenvalue weighted by Gasteiger charge is -2.33. The van der Waals surface area contributed by atoms with Gasteiger partial charge in [-0.2, -0.15) is 0 Å². The van der Waals surface area contributed by atoms with Crippen molar-refractivity contribution in [2.24, 2.45) is 5.92 Å². The van der Waals surface area contributed by atoms with E-state index in [-0.39, 0.29) is 0 Å². The van der Waals surface area contributed by atoms with Crippen LogP contribution in [0.25, 0.3) is 0 Å². The predicted molar refractivity (Wildman–Crippen MR) is 84.0 cm³/mol. The van der Waals surface area contributed by atoms with Crippen LogP contribution in [0.5, 0.6) is 0 Å². The number of aromatic carboxylic acids is 1. The second-order valence-corrected chi connectivity index (χ2v) is 6.79. The molecule has 1 aliphatic rings. The molecule has 1 fully saturated rings. The van der Waals surface area contributed by atoms with Crippen LogP contribution >= 0.6 is 15.9 Å². The van der Waals surface area contributed by atoms with Crippen LogP contribution in [0.1, 0.15) is 48.5 Å². The first-order chi connectivity index (χ1) is 9.47. The predicted octanol–water partition coefficient (Wildman–Crippen LogP) is 4.16. The van der Waals surface area contributed by atoms with Gasteiger partial charge in [0.1, 0.15) is 0 Å². The highest BCUT2D eigenvalue weighted by atomic mass is 79.9. The highest BCUT2D eigenvalue weighted by Gasteiger charge is 2.22. The topological polar surface area (TPSA) is 40.5 Å². The Hall–Kier alpha value is -0.870. The zero-order valence-electron chi connectivity index (χ0n) is 12.1. The van der Waals surface area contributed by atoms with Crippen molar-refractivity contribution >= 4 is 21.9 Å². The van der Waals surface area contributed by atoms with E-state index in [9.17, 15) is 4.79 Å². The van der Waals surface area contributed by atoms with Gasteiger partial charge in [0.05, 0.1) is 5.56 Å². The minimum absolute atomic E-state index is 0.328. The largest absolute Gasteiger partial charge is 0.478 e. The molecule has 0 amide bonds. The monoisotopic (exact) mass is 339 g/mol. The molecule has 1 aliphatic carbocycles. The van der Waals surface area contributed by atoms with Crippen molar-refractivity contribution in [1.82, 2.24) is 4.90 Å². The fourth-order valence-electron chi connectivity index (χ4n) is 2.89. The van der Waals surface area contributed by atoms with Gasteiger partial charge in [0.25, 0.3) is 0 Å². The molecule has 2 rings (SSSR count). The van der Waals surface area contributed by atoms with E-state index in [2.05, 4.69) is 34.8 Å². The number of hydrogen-bond acceptors (Lipinski definition) is 2. The van der Waals surface area contributed by atoms with E-state index < -0.39 is 5.97 Å². The summed E-state index contributed by atoms with van der Waals surface area (Å²) in [6, 6.07) is 5.93. The molecule has 0 aliphatic heterocycles. The summed E-state index contributed by atoms with van der Waals surface area (Å²) >= 11 is 3.49. The van der Waals surface area contributed by atoms with Crippen molar-refractivity contribution < 1.29 is 9.90 Å². The van der Waals surface area contributed by atoms with E-state index in [4.69, 9.17) is 5.11 Å². The summed E-state index contributed by atoms with van der Waals surface area (Å²) in [4.78, 5) is 13.3. The van der Waals surface area contributed by atoms with Crippen LogP contribution in [0.15, 0.2) is 22.7 Å². The minimum Gasteiger partial charge on any atom is -0.478 e. The van der Waals surface area contributed by atoms with Crippen LogP contribution < -0.4 is 0 Å². The Bertz CT molecular complexity index is 481. The van der Waals surface area contributed by atoms with Gasteiger partial charge in [-0.05, 0) is 56.3 Å². The zero-order valence-corrected chi connectivity index (χ0v) is 13.7. The maximum Gasteiger partial charge on any atom is 0.335 e. The number of hydrogen-bond donors (Lipinski definition) is 1. The third kappa shape index (κ3) is 3.83. The fourth-order valence-corrected chi connectivity index (χ4v) is 3.39. The number of benzene rings is 1. The summed E-state index contributed by atoms with van der Waals surface area (Å²) in [5.41, 5.74) is 1.48. The van der Waals surface area contributed by atoms with Crippen molar-refractivity contribution in [3.63, 3.8) is 0 Å². The molecule has 0 atom stereocenters. The lowest BCUT2D eigenvalue weighted by atomic mass is 9.86. The Labute approximate surface area is 129 Å².